The van der Waals surface area contributed by atoms with Crippen molar-refractivity contribution < 1.29 is 9.90 Å². The van der Waals surface area contributed by atoms with E-state index in [-0.39, 0.29) is 17.8 Å². The molecule has 4 heteroatoms. The number of amides is 1. The number of fused-ring (bicyclic) bond motifs is 1. The maximum Gasteiger partial charge on any atom is 0.261 e. The molecule has 0 bridgehead atoms. The van der Waals surface area contributed by atoms with Crippen molar-refractivity contribution in [3.05, 3.63) is 102 Å². The number of benzene rings is 3. The largest absolute Gasteiger partial charge is 0.507 e. The number of phenolic OH excluding ortho intramolecular Hbond substituents is 1. The smallest absolute Gasteiger partial charge is 0.261 e. The molecule has 1 unspecified atom stereocenters. The number of allylic oxidation sites excluding steroid dienone is 1. The van der Waals surface area contributed by atoms with Gasteiger partial charge in [-0.1, -0.05) is 60.7 Å². The van der Waals surface area contributed by atoms with Gasteiger partial charge < -0.3 is 10.4 Å². The first-order chi connectivity index (χ1) is 13.1. The minimum atomic E-state index is -0.325. The van der Waals surface area contributed by atoms with E-state index >= 15 is 0 Å². The summed E-state index contributed by atoms with van der Waals surface area (Å²) in [6.45, 7) is 1.89. The highest BCUT2D eigenvalue weighted by Crippen LogP contribution is 2.35. The predicted molar refractivity (Wildman–Crippen MR) is 107 cm³/mol. The third-order valence-electron chi connectivity index (χ3n) is 4.74. The Morgan fingerprint density at radius 2 is 1.63 bits per heavy atom. The lowest BCUT2D eigenvalue weighted by Gasteiger charge is -2.36. The first kappa shape index (κ1) is 16.9. The number of nitrogens with one attached hydrogen (secondary N) is 1. The van der Waals surface area contributed by atoms with E-state index in [1.165, 1.54) is 0 Å². The lowest BCUT2D eigenvalue weighted by molar-refractivity contribution is 0.0771. The Morgan fingerprint density at radius 1 is 0.963 bits per heavy atom. The van der Waals surface area contributed by atoms with E-state index in [2.05, 4.69) is 5.32 Å². The molecule has 27 heavy (non-hydrogen) atoms. The van der Waals surface area contributed by atoms with Crippen molar-refractivity contribution in [3.8, 4) is 5.75 Å². The molecule has 0 spiro atoms. The van der Waals surface area contributed by atoms with Gasteiger partial charge in [-0.15, -0.1) is 0 Å². The van der Waals surface area contributed by atoms with Gasteiger partial charge in [0.05, 0.1) is 5.56 Å². The molecule has 134 valence electrons. The number of carbonyl (C=O) groups is 1. The maximum absolute atomic E-state index is 13.2. The summed E-state index contributed by atoms with van der Waals surface area (Å²) in [5, 5.41) is 13.6. The van der Waals surface area contributed by atoms with Crippen molar-refractivity contribution in [1.29, 1.82) is 0 Å². The van der Waals surface area contributed by atoms with Crippen LogP contribution in [0.1, 0.15) is 34.6 Å². The van der Waals surface area contributed by atoms with E-state index in [9.17, 15) is 9.90 Å². The van der Waals surface area contributed by atoms with Crippen molar-refractivity contribution in [3.63, 3.8) is 0 Å². The van der Waals surface area contributed by atoms with Crippen molar-refractivity contribution in [2.45, 2.75) is 13.1 Å². The van der Waals surface area contributed by atoms with Gasteiger partial charge in [-0.05, 0) is 36.3 Å². The van der Waals surface area contributed by atoms with Crippen molar-refractivity contribution in [2.75, 3.05) is 5.32 Å². The van der Waals surface area contributed by atoms with Gasteiger partial charge in [0, 0.05) is 17.5 Å². The van der Waals surface area contributed by atoms with Gasteiger partial charge in [0.1, 0.15) is 11.9 Å². The van der Waals surface area contributed by atoms with Crippen LogP contribution in [0.3, 0.4) is 0 Å². The summed E-state index contributed by atoms with van der Waals surface area (Å²) in [5.74, 6) is 0.119. The van der Waals surface area contributed by atoms with E-state index in [0.717, 1.165) is 16.8 Å². The second-order valence-corrected chi connectivity index (χ2v) is 6.54. The monoisotopic (exact) mass is 356 g/mol. The highest BCUT2D eigenvalue weighted by molar-refractivity contribution is 6.02. The Balaban J connectivity index is 1.81. The summed E-state index contributed by atoms with van der Waals surface area (Å²) in [5.41, 5.74) is 3.95. The van der Waals surface area contributed by atoms with Crippen LogP contribution in [0.5, 0.6) is 5.75 Å². The number of para-hydroxylation sites is 2. The van der Waals surface area contributed by atoms with Crippen LogP contribution in [0.15, 0.2) is 85.1 Å². The topological polar surface area (TPSA) is 52.6 Å². The number of carbonyl (C=O) groups excluding carboxylic acids is 1. The van der Waals surface area contributed by atoms with Crippen molar-refractivity contribution in [1.82, 2.24) is 4.90 Å². The van der Waals surface area contributed by atoms with Crippen LogP contribution in [-0.4, -0.2) is 15.9 Å². The Labute approximate surface area is 158 Å². The number of aromatic hydroxyl groups is 1. The molecule has 1 heterocycles. The fourth-order valence-corrected chi connectivity index (χ4v) is 3.37. The Bertz CT molecular complexity index is 1010. The first-order valence-electron chi connectivity index (χ1n) is 8.85. The quantitative estimate of drug-likeness (QED) is 0.693. The van der Waals surface area contributed by atoms with Crippen LogP contribution in [0.25, 0.3) is 5.57 Å². The fourth-order valence-electron chi connectivity index (χ4n) is 3.37. The molecule has 0 saturated carbocycles. The minimum Gasteiger partial charge on any atom is -0.507 e. The molecule has 0 aliphatic carbocycles. The van der Waals surface area contributed by atoms with Crippen LogP contribution in [0, 0.1) is 0 Å². The second-order valence-electron chi connectivity index (χ2n) is 6.54. The molecule has 0 aromatic heterocycles. The molecular formula is C23H20N2O2. The van der Waals surface area contributed by atoms with Crippen molar-refractivity contribution in [2.24, 2.45) is 0 Å². The molecule has 3 aromatic carbocycles. The SMILES string of the molecule is CC(=CN1C(=O)c2ccccc2NC1c1ccccc1)c1ccccc1O. The highest BCUT2D eigenvalue weighted by atomic mass is 16.3. The van der Waals surface area contributed by atoms with E-state index < -0.39 is 0 Å². The molecular weight excluding hydrogens is 336 g/mol. The van der Waals surface area contributed by atoms with Crippen LogP contribution >= 0.6 is 0 Å². The zero-order valence-electron chi connectivity index (χ0n) is 15.0. The Hall–Kier alpha value is -3.53. The molecule has 1 aliphatic rings. The molecule has 1 aliphatic heterocycles. The standard InChI is InChI=1S/C23H20N2O2/c1-16(18-11-6-8-14-21(18)26)15-25-22(17-9-3-2-4-10-17)24-20-13-7-5-12-19(20)23(25)27/h2-15,22,24,26H,1H3. The second kappa shape index (κ2) is 7.00. The molecule has 4 rings (SSSR count). The summed E-state index contributed by atoms with van der Waals surface area (Å²) in [7, 11) is 0. The van der Waals surface area contributed by atoms with Gasteiger partial charge in [0.25, 0.3) is 5.91 Å². The Kier molecular flexibility index (Phi) is 4.38. The zero-order valence-corrected chi connectivity index (χ0v) is 15.0. The molecule has 2 N–H and O–H groups in total. The molecule has 3 aromatic rings. The molecule has 0 radical (unpaired) electrons. The van der Waals surface area contributed by atoms with Gasteiger partial charge in [-0.3, -0.25) is 9.69 Å². The van der Waals surface area contributed by atoms with Gasteiger partial charge >= 0.3 is 0 Å². The number of rotatable bonds is 3. The zero-order chi connectivity index (χ0) is 18.8. The first-order valence-corrected chi connectivity index (χ1v) is 8.85. The Morgan fingerprint density at radius 3 is 2.41 bits per heavy atom. The molecule has 0 fully saturated rings. The average molecular weight is 356 g/mol. The minimum absolute atomic E-state index is 0.0760. The predicted octanol–water partition coefficient (Wildman–Crippen LogP) is 5.02. The van der Waals surface area contributed by atoms with Gasteiger partial charge in [0.15, 0.2) is 0 Å². The van der Waals surface area contributed by atoms with Crippen LogP contribution in [-0.2, 0) is 0 Å². The van der Waals surface area contributed by atoms with Crippen LogP contribution < -0.4 is 5.32 Å². The molecule has 1 atom stereocenters. The van der Waals surface area contributed by atoms with Crippen molar-refractivity contribution >= 4 is 17.2 Å². The molecule has 0 saturated heterocycles. The molecule has 4 nitrogen and oxygen atoms in total. The number of nitrogens with zero attached hydrogens (tertiary/aromatic N) is 1. The number of hydrogen-bond donors (Lipinski definition) is 2. The summed E-state index contributed by atoms with van der Waals surface area (Å²) in [6.07, 6.45) is 1.48. The lowest BCUT2D eigenvalue weighted by Crippen LogP contribution is -2.39. The lowest BCUT2D eigenvalue weighted by atomic mass is 10.0. The van der Waals surface area contributed by atoms with E-state index in [1.54, 1.807) is 23.2 Å². The van der Waals surface area contributed by atoms with Gasteiger partial charge in [0.2, 0.25) is 0 Å². The average Bonchev–Trinajstić information content (AvgIpc) is 2.71. The maximum atomic E-state index is 13.2. The fraction of sp³-hybridized carbons (Fsp3) is 0.0870. The van der Waals surface area contributed by atoms with E-state index in [1.807, 2.05) is 73.7 Å². The summed E-state index contributed by atoms with van der Waals surface area (Å²) < 4.78 is 0. The number of anilines is 1. The third-order valence-corrected chi connectivity index (χ3v) is 4.74. The van der Waals surface area contributed by atoms with Crippen LogP contribution in [0.4, 0.5) is 5.69 Å². The number of phenols is 1. The van der Waals surface area contributed by atoms with Gasteiger partial charge in [-0.2, -0.15) is 0 Å². The van der Waals surface area contributed by atoms with Gasteiger partial charge in [-0.25, -0.2) is 0 Å². The van der Waals surface area contributed by atoms with E-state index in [4.69, 9.17) is 0 Å². The van der Waals surface area contributed by atoms with E-state index in [0.29, 0.717) is 11.1 Å². The summed E-state index contributed by atoms with van der Waals surface area (Å²) in [6, 6.07) is 24.5. The normalized spacial score (nSPS) is 16.6. The summed E-state index contributed by atoms with van der Waals surface area (Å²) >= 11 is 0. The number of hydrogen-bond acceptors (Lipinski definition) is 3. The van der Waals surface area contributed by atoms with Crippen LogP contribution in [0.2, 0.25) is 0 Å². The summed E-state index contributed by atoms with van der Waals surface area (Å²) in [4.78, 5) is 14.9. The third kappa shape index (κ3) is 3.17. The highest BCUT2D eigenvalue weighted by Gasteiger charge is 2.31. The molecule has 1 amide bonds.